The molecule has 0 saturated heterocycles. The van der Waals surface area contributed by atoms with Crippen LogP contribution in [0.25, 0.3) is 0 Å². The van der Waals surface area contributed by atoms with E-state index in [4.69, 9.17) is 25.8 Å². The maximum absolute atomic E-state index is 12.4. The first-order valence-corrected chi connectivity index (χ1v) is 13.6. The minimum absolute atomic E-state index is 0.0631. The maximum Gasteiger partial charge on any atom is 0.337 e. The molecule has 1 saturated carbocycles. The lowest BCUT2D eigenvalue weighted by Gasteiger charge is -2.46. The number of fused-ring (bicyclic) bond motifs is 3. The van der Waals surface area contributed by atoms with E-state index < -0.39 is 0 Å². The van der Waals surface area contributed by atoms with Gasteiger partial charge in [-0.05, 0) is 79.5 Å². The Labute approximate surface area is 222 Å². The average molecular weight is 522 g/mol. The van der Waals surface area contributed by atoms with Crippen molar-refractivity contribution in [2.24, 2.45) is 11.8 Å². The van der Waals surface area contributed by atoms with E-state index in [1.165, 1.54) is 24.3 Å². The van der Waals surface area contributed by atoms with Crippen LogP contribution in [0.3, 0.4) is 0 Å². The molecule has 1 fully saturated rings. The second kappa shape index (κ2) is 9.71. The summed E-state index contributed by atoms with van der Waals surface area (Å²) in [5.74, 6) is 1.28. The molecule has 3 unspecified atom stereocenters. The minimum atomic E-state index is -0.359. The summed E-state index contributed by atoms with van der Waals surface area (Å²) in [6.45, 7) is 2.17. The van der Waals surface area contributed by atoms with Gasteiger partial charge in [-0.15, -0.1) is 0 Å². The number of benzene rings is 2. The van der Waals surface area contributed by atoms with E-state index in [-0.39, 0.29) is 23.3 Å². The lowest BCUT2D eigenvalue weighted by molar-refractivity contribution is -0.120. The number of rotatable bonds is 4. The van der Waals surface area contributed by atoms with E-state index in [0.717, 1.165) is 61.7 Å². The Balaban J connectivity index is 1.36. The monoisotopic (exact) mass is 521 g/mol. The zero-order valence-electron chi connectivity index (χ0n) is 21.1. The van der Waals surface area contributed by atoms with Crippen LogP contribution in [0, 0.1) is 11.8 Å². The van der Waals surface area contributed by atoms with Gasteiger partial charge >= 0.3 is 5.97 Å². The van der Waals surface area contributed by atoms with Crippen molar-refractivity contribution in [3.63, 3.8) is 0 Å². The number of hydrogen-bond donors (Lipinski definition) is 0. The van der Waals surface area contributed by atoms with Gasteiger partial charge in [0, 0.05) is 41.9 Å². The highest BCUT2D eigenvalue weighted by Gasteiger charge is 2.45. The van der Waals surface area contributed by atoms with E-state index in [9.17, 15) is 9.59 Å². The number of carbonyl (C=O) groups is 2. The number of halogens is 1. The first-order chi connectivity index (χ1) is 18.0. The lowest BCUT2D eigenvalue weighted by Crippen LogP contribution is -2.50. The molecule has 194 valence electrons. The quantitative estimate of drug-likeness (QED) is 0.495. The Morgan fingerprint density at radius 1 is 1.22 bits per heavy atom. The summed E-state index contributed by atoms with van der Waals surface area (Å²) in [4.78, 5) is 26.9. The summed E-state index contributed by atoms with van der Waals surface area (Å²) in [7, 11) is 1.40. The fourth-order valence-electron chi connectivity index (χ4n) is 6.74. The van der Waals surface area contributed by atoms with Crippen molar-refractivity contribution in [1.82, 2.24) is 0 Å². The molecule has 2 aromatic carbocycles. The van der Waals surface area contributed by atoms with Crippen molar-refractivity contribution < 1.29 is 23.8 Å². The summed E-state index contributed by atoms with van der Waals surface area (Å²) >= 11 is 6.37. The molecular formula is C30H32ClNO5. The molecule has 0 amide bonds. The van der Waals surface area contributed by atoms with Crippen LogP contribution in [-0.2, 0) is 26.1 Å². The minimum Gasteiger partial charge on any atom is -0.497 e. The third-order valence-electron chi connectivity index (χ3n) is 8.78. The van der Waals surface area contributed by atoms with Crippen molar-refractivity contribution in [1.29, 1.82) is 0 Å². The van der Waals surface area contributed by atoms with Gasteiger partial charge in [0.25, 0.3) is 0 Å². The van der Waals surface area contributed by atoms with Crippen LogP contribution in [0.1, 0.15) is 53.6 Å². The fraction of sp³-hybridized carbons (Fsp3) is 0.467. The van der Waals surface area contributed by atoms with Gasteiger partial charge in [0.15, 0.2) is 5.78 Å². The highest BCUT2D eigenvalue weighted by Crippen LogP contribution is 2.47. The third-order valence-corrected chi connectivity index (χ3v) is 9.01. The molecule has 2 aliphatic heterocycles. The Bertz CT molecular complexity index is 1260. The molecule has 6 rings (SSSR count). The maximum atomic E-state index is 12.4. The van der Waals surface area contributed by atoms with Crippen molar-refractivity contribution in [3.05, 3.63) is 70.4 Å². The predicted molar refractivity (Wildman–Crippen MR) is 141 cm³/mol. The lowest BCUT2D eigenvalue weighted by atomic mass is 9.68. The van der Waals surface area contributed by atoms with Crippen LogP contribution >= 0.6 is 11.6 Å². The zero-order valence-corrected chi connectivity index (χ0v) is 21.8. The van der Waals surface area contributed by atoms with Crippen LogP contribution in [0.4, 0.5) is 5.69 Å². The van der Waals surface area contributed by atoms with Gasteiger partial charge in [-0.2, -0.15) is 0 Å². The van der Waals surface area contributed by atoms with Gasteiger partial charge in [0.1, 0.15) is 11.9 Å². The average Bonchev–Trinajstić information content (AvgIpc) is 3.03. The summed E-state index contributed by atoms with van der Waals surface area (Å²) in [6.07, 6.45) is 8.73. The van der Waals surface area contributed by atoms with Gasteiger partial charge < -0.3 is 19.1 Å². The number of ether oxygens (including phenoxy) is 3. The predicted octanol–water partition coefficient (Wildman–Crippen LogP) is 5.50. The van der Waals surface area contributed by atoms with Crippen molar-refractivity contribution in [3.8, 4) is 5.75 Å². The van der Waals surface area contributed by atoms with Crippen molar-refractivity contribution in [2.75, 3.05) is 31.7 Å². The van der Waals surface area contributed by atoms with Crippen LogP contribution < -0.4 is 9.64 Å². The van der Waals surface area contributed by atoms with Crippen LogP contribution in [0.2, 0.25) is 5.02 Å². The summed E-state index contributed by atoms with van der Waals surface area (Å²) in [6, 6.07) is 11.8. The third kappa shape index (κ3) is 4.50. The fourth-order valence-corrected chi connectivity index (χ4v) is 6.93. The van der Waals surface area contributed by atoms with Crippen molar-refractivity contribution >= 4 is 29.0 Å². The summed E-state index contributed by atoms with van der Waals surface area (Å²) in [5, 5.41) is 0.765. The number of esters is 1. The van der Waals surface area contributed by atoms with Gasteiger partial charge in [-0.1, -0.05) is 17.7 Å². The van der Waals surface area contributed by atoms with Crippen LogP contribution in [0.5, 0.6) is 5.75 Å². The Morgan fingerprint density at radius 3 is 2.89 bits per heavy atom. The number of hydrogen-bond acceptors (Lipinski definition) is 6. The van der Waals surface area contributed by atoms with E-state index in [2.05, 4.69) is 17.0 Å². The molecule has 1 spiro atoms. The zero-order chi connectivity index (χ0) is 25.6. The molecule has 4 aliphatic rings. The normalized spacial score (nSPS) is 28.3. The molecule has 0 bridgehead atoms. The largest absolute Gasteiger partial charge is 0.497 e. The summed E-state index contributed by atoms with van der Waals surface area (Å²) in [5.41, 5.74) is 3.86. The summed E-state index contributed by atoms with van der Waals surface area (Å²) < 4.78 is 17.4. The van der Waals surface area contributed by atoms with Crippen LogP contribution in [0.15, 0.2) is 48.7 Å². The van der Waals surface area contributed by atoms with E-state index in [1.807, 2.05) is 18.2 Å². The first kappa shape index (κ1) is 24.4. The second-order valence-electron chi connectivity index (χ2n) is 10.9. The van der Waals surface area contributed by atoms with Gasteiger partial charge in [0.05, 0.1) is 31.2 Å². The smallest absolute Gasteiger partial charge is 0.337 e. The van der Waals surface area contributed by atoms with Gasteiger partial charge in [0.2, 0.25) is 0 Å². The standard InChI is InChI=1S/C30H32ClNO5/c1-35-29(34)20-5-9-27-26(14-20)32(16-21-4-7-24(21)28-15-23(33)10-12-36-28)17-30(18-37-27)11-2-3-19-13-22(31)6-8-25(19)30/h5-6,8-10,12-14,21,24,28H,2-4,7,11,15-18H2,1H3/t21?,24?,28-,30?/m1/s1. The van der Waals surface area contributed by atoms with Gasteiger partial charge in [-0.3, -0.25) is 4.79 Å². The number of allylic oxidation sites excluding steroid dienone is 1. The highest BCUT2D eigenvalue weighted by molar-refractivity contribution is 6.30. The molecule has 2 aromatic rings. The molecule has 2 aliphatic carbocycles. The molecule has 6 nitrogen and oxygen atoms in total. The SMILES string of the molecule is COC(=O)c1ccc2c(c1)N(CC1CCC1[C@H]1CC(=O)C=CO1)CC1(CCCc3cc(Cl)ccc31)CO2. The van der Waals surface area contributed by atoms with Crippen molar-refractivity contribution in [2.45, 2.75) is 50.0 Å². The number of aryl methyl sites for hydroxylation is 1. The molecular weight excluding hydrogens is 490 g/mol. The number of nitrogens with zero attached hydrogens (tertiary/aromatic N) is 1. The topological polar surface area (TPSA) is 65.1 Å². The van der Waals surface area contributed by atoms with Crippen LogP contribution in [-0.4, -0.2) is 44.7 Å². The molecule has 0 N–H and O–H groups in total. The van der Waals surface area contributed by atoms with Gasteiger partial charge in [-0.25, -0.2) is 4.79 Å². The Kier molecular flexibility index (Phi) is 6.39. The molecule has 0 radical (unpaired) electrons. The second-order valence-corrected chi connectivity index (χ2v) is 11.4. The Morgan fingerprint density at radius 2 is 2.11 bits per heavy atom. The highest BCUT2D eigenvalue weighted by atomic mass is 35.5. The molecule has 7 heteroatoms. The Hall–Kier alpha value is -2.99. The molecule has 0 aromatic heterocycles. The number of carbonyl (C=O) groups excluding carboxylic acids is 2. The van der Waals surface area contributed by atoms with E-state index in [0.29, 0.717) is 30.4 Å². The van der Waals surface area contributed by atoms with E-state index >= 15 is 0 Å². The number of methoxy groups -OCH3 is 1. The molecule has 2 heterocycles. The molecule has 4 atom stereocenters. The number of ketones is 1. The van der Waals surface area contributed by atoms with E-state index in [1.54, 1.807) is 12.3 Å². The molecule has 37 heavy (non-hydrogen) atoms. The number of anilines is 1. The first-order valence-electron chi connectivity index (χ1n) is 13.2.